The van der Waals surface area contributed by atoms with Crippen LogP contribution >= 0.6 is 0 Å². The third-order valence-corrected chi connectivity index (χ3v) is 2.20. The summed E-state index contributed by atoms with van der Waals surface area (Å²) in [5.74, 6) is -0.100. The second kappa shape index (κ2) is 5.29. The minimum Gasteiger partial charge on any atom is -0.342 e. The van der Waals surface area contributed by atoms with Crippen molar-refractivity contribution in [1.29, 1.82) is 0 Å². The summed E-state index contributed by atoms with van der Waals surface area (Å²) < 4.78 is 0. The van der Waals surface area contributed by atoms with E-state index in [-0.39, 0.29) is 11.8 Å². The van der Waals surface area contributed by atoms with E-state index in [1.165, 1.54) is 0 Å². The van der Waals surface area contributed by atoms with Crippen molar-refractivity contribution < 1.29 is 9.59 Å². The second-order valence-electron chi connectivity index (χ2n) is 3.75. The Morgan fingerprint density at radius 3 is 2.33 bits per heavy atom. The molecule has 0 spiro atoms. The Kier molecular flexibility index (Phi) is 4.03. The largest absolute Gasteiger partial charge is 0.342 e. The van der Waals surface area contributed by atoms with E-state index in [1.807, 2.05) is 19.9 Å². The van der Waals surface area contributed by atoms with Crippen LogP contribution in [-0.2, 0) is 4.79 Å². The zero-order valence-corrected chi connectivity index (χ0v) is 8.94. The average molecular weight is 205 g/mol. The van der Waals surface area contributed by atoms with Crippen molar-refractivity contribution in [3.8, 4) is 0 Å². The van der Waals surface area contributed by atoms with Crippen LogP contribution in [0.3, 0.4) is 0 Å². The van der Waals surface area contributed by atoms with Gasteiger partial charge in [-0.15, -0.1) is 0 Å². The summed E-state index contributed by atoms with van der Waals surface area (Å²) in [5.41, 5.74) is 0.574. The summed E-state index contributed by atoms with van der Waals surface area (Å²) in [5, 5.41) is 2.68. The van der Waals surface area contributed by atoms with E-state index < -0.39 is 6.04 Å². The second-order valence-corrected chi connectivity index (χ2v) is 3.75. The highest BCUT2D eigenvalue weighted by Crippen LogP contribution is 2.02. The third-order valence-electron chi connectivity index (χ3n) is 2.20. The fraction of sp³-hybridized carbons (Fsp3) is 0.333. The Balaban J connectivity index is 2.67. The molecule has 1 aromatic carbocycles. The molecule has 0 fully saturated rings. The molecule has 0 bridgehead atoms. The van der Waals surface area contributed by atoms with Gasteiger partial charge in [-0.25, -0.2) is 0 Å². The molecule has 1 N–H and O–H groups in total. The SMILES string of the molecule is CC(C)[C@H](C=O)NC(=O)c1ccccc1. The maximum atomic E-state index is 11.6. The van der Waals surface area contributed by atoms with E-state index in [2.05, 4.69) is 5.32 Å². The molecule has 0 aliphatic heterocycles. The normalized spacial score (nSPS) is 12.2. The van der Waals surface area contributed by atoms with Crippen molar-refractivity contribution in [2.24, 2.45) is 5.92 Å². The predicted octanol–water partition coefficient (Wildman–Crippen LogP) is 1.64. The van der Waals surface area contributed by atoms with E-state index >= 15 is 0 Å². The minimum atomic E-state index is -0.419. The summed E-state index contributed by atoms with van der Waals surface area (Å²) >= 11 is 0. The Morgan fingerprint density at radius 1 is 1.27 bits per heavy atom. The van der Waals surface area contributed by atoms with Gasteiger partial charge < -0.3 is 10.1 Å². The number of carbonyl (C=O) groups is 2. The van der Waals surface area contributed by atoms with Gasteiger partial charge in [0.25, 0.3) is 5.91 Å². The molecule has 1 amide bonds. The van der Waals surface area contributed by atoms with Crippen LogP contribution in [0.25, 0.3) is 0 Å². The van der Waals surface area contributed by atoms with E-state index in [9.17, 15) is 9.59 Å². The van der Waals surface area contributed by atoms with Crippen molar-refractivity contribution in [3.63, 3.8) is 0 Å². The molecule has 1 aromatic rings. The zero-order valence-electron chi connectivity index (χ0n) is 8.94. The van der Waals surface area contributed by atoms with Crippen molar-refractivity contribution in [2.45, 2.75) is 19.9 Å². The molecule has 0 unspecified atom stereocenters. The van der Waals surface area contributed by atoms with Gasteiger partial charge in [-0.2, -0.15) is 0 Å². The molecule has 1 atom stereocenters. The Bertz CT molecular complexity index is 333. The maximum Gasteiger partial charge on any atom is 0.251 e. The Labute approximate surface area is 89.5 Å². The van der Waals surface area contributed by atoms with Gasteiger partial charge in [0.1, 0.15) is 6.29 Å². The van der Waals surface area contributed by atoms with Gasteiger partial charge >= 0.3 is 0 Å². The molecule has 15 heavy (non-hydrogen) atoms. The van der Waals surface area contributed by atoms with Crippen LogP contribution < -0.4 is 5.32 Å². The average Bonchev–Trinajstić information content (AvgIpc) is 2.26. The molecule has 1 rings (SSSR count). The van der Waals surface area contributed by atoms with Gasteiger partial charge in [-0.05, 0) is 18.1 Å². The van der Waals surface area contributed by atoms with Crippen molar-refractivity contribution in [1.82, 2.24) is 5.32 Å². The lowest BCUT2D eigenvalue weighted by Gasteiger charge is -2.15. The lowest BCUT2D eigenvalue weighted by Crippen LogP contribution is -2.39. The molecule has 0 heterocycles. The summed E-state index contributed by atoms with van der Waals surface area (Å²) in [6.45, 7) is 3.79. The molecular weight excluding hydrogens is 190 g/mol. The van der Waals surface area contributed by atoms with Crippen LogP contribution in [0, 0.1) is 5.92 Å². The number of nitrogens with one attached hydrogen (secondary N) is 1. The van der Waals surface area contributed by atoms with Gasteiger partial charge in [0.2, 0.25) is 0 Å². The highest BCUT2D eigenvalue weighted by molar-refractivity contribution is 5.95. The van der Waals surface area contributed by atoms with Crippen molar-refractivity contribution in [2.75, 3.05) is 0 Å². The van der Waals surface area contributed by atoms with Crippen LogP contribution in [0.15, 0.2) is 30.3 Å². The standard InChI is InChI=1S/C12H15NO2/c1-9(2)11(8-14)13-12(15)10-6-4-3-5-7-10/h3-9,11H,1-2H3,(H,13,15)/t11-/m0/s1. The molecule has 0 saturated heterocycles. The first-order valence-corrected chi connectivity index (χ1v) is 4.96. The topological polar surface area (TPSA) is 46.2 Å². The number of hydrogen-bond acceptors (Lipinski definition) is 2. The number of hydrogen-bond donors (Lipinski definition) is 1. The highest BCUT2D eigenvalue weighted by atomic mass is 16.2. The summed E-state index contributed by atoms with van der Waals surface area (Å²) in [6, 6.07) is 8.45. The fourth-order valence-electron chi connectivity index (χ4n) is 1.18. The van der Waals surface area contributed by atoms with Crippen LogP contribution in [0.4, 0.5) is 0 Å². The Hall–Kier alpha value is -1.64. The molecule has 0 aliphatic rings. The van der Waals surface area contributed by atoms with E-state index in [1.54, 1.807) is 24.3 Å². The Morgan fingerprint density at radius 2 is 1.87 bits per heavy atom. The quantitative estimate of drug-likeness (QED) is 0.759. The lowest BCUT2D eigenvalue weighted by molar-refractivity contribution is -0.110. The first-order chi connectivity index (χ1) is 7.15. The van der Waals surface area contributed by atoms with Gasteiger partial charge in [-0.3, -0.25) is 4.79 Å². The van der Waals surface area contributed by atoms with Gasteiger partial charge in [0.05, 0.1) is 6.04 Å². The number of carbonyl (C=O) groups excluding carboxylic acids is 2. The summed E-state index contributed by atoms with van der Waals surface area (Å²) in [7, 11) is 0. The maximum absolute atomic E-state index is 11.6. The smallest absolute Gasteiger partial charge is 0.251 e. The van der Waals surface area contributed by atoms with Crippen molar-refractivity contribution in [3.05, 3.63) is 35.9 Å². The van der Waals surface area contributed by atoms with Gasteiger partial charge in [-0.1, -0.05) is 32.0 Å². The number of amides is 1. The molecule has 3 heteroatoms. The number of rotatable bonds is 4. The number of benzene rings is 1. The van der Waals surface area contributed by atoms with E-state index in [0.29, 0.717) is 5.56 Å². The van der Waals surface area contributed by atoms with Gasteiger partial charge in [0.15, 0.2) is 0 Å². The first-order valence-electron chi connectivity index (χ1n) is 4.96. The van der Waals surface area contributed by atoms with Crippen LogP contribution in [0.2, 0.25) is 0 Å². The summed E-state index contributed by atoms with van der Waals surface area (Å²) in [4.78, 5) is 22.3. The molecule has 3 nitrogen and oxygen atoms in total. The molecule has 0 aromatic heterocycles. The number of aldehydes is 1. The van der Waals surface area contributed by atoms with Crippen LogP contribution in [-0.4, -0.2) is 18.2 Å². The third kappa shape index (κ3) is 3.20. The van der Waals surface area contributed by atoms with Gasteiger partial charge in [0, 0.05) is 5.56 Å². The molecule has 0 radical (unpaired) electrons. The fourth-order valence-corrected chi connectivity index (χ4v) is 1.18. The van der Waals surface area contributed by atoms with Crippen LogP contribution in [0.1, 0.15) is 24.2 Å². The van der Waals surface area contributed by atoms with E-state index in [4.69, 9.17) is 0 Å². The van der Waals surface area contributed by atoms with Crippen LogP contribution in [0.5, 0.6) is 0 Å². The first kappa shape index (κ1) is 11.4. The molecular formula is C12H15NO2. The lowest BCUT2D eigenvalue weighted by atomic mass is 10.1. The summed E-state index contributed by atoms with van der Waals surface area (Å²) in [6.07, 6.45) is 0.769. The molecule has 0 aliphatic carbocycles. The van der Waals surface area contributed by atoms with E-state index in [0.717, 1.165) is 6.29 Å². The molecule has 0 saturated carbocycles. The minimum absolute atomic E-state index is 0.107. The zero-order chi connectivity index (χ0) is 11.3. The predicted molar refractivity (Wildman–Crippen MR) is 58.6 cm³/mol. The monoisotopic (exact) mass is 205 g/mol. The highest BCUT2D eigenvalue weighted by Gasteiger charge is 2.15. The molecule has 80 valence electrons. The van der Waals surface area contributed by atoms with Crippen molar-refractivity contribution >= 4 is 12.2 Å².